The zero-order valence-corrected chi connectivity index (χ0v) is 14.5. The maximum Gasteiger partial charge on any atom is 0.417 e. The van der Waals surface area contributed by atoms with Crippen molar-refractivity contribution in [3.8, 4) is 5.75 Å². The van der Waals surface area contributed by atoms with Crippen LogP contribution in [0.4, 0.5) is 19.3 Å². The highest BCUT2D eigenvalue weighted by Gasteiger charge is 2.41. The van der Waals surface area contributed by atoms with Gasteiger partial charge >= 0.3 is 6.09 Å². The number of carbonyl (C=O) groups excluding carboxylic acids is 1. The molecule has 0 radical (unpaired) electrons. The molecular formula is C19H21F2N3O2. The number of nitrogens with zero attached hydrogens (tertiary/aromatic N) is 2. The summed E-state index contributed by atoms with van der Waals surface area (Å²) < 4.78 is 32.3. The fourth-order valence-corrected chi connectivity index (χ4v) is 4.51. The summed E-state index contributed by atoms with van der Waals surface area (Å²) in [6.07, 6.45) is 2.63. The van der Waals surface area contributed by atoms with Crippen LogP contribution in [0, 0.1) is 11.8 Å². The molecule has 26 heavy (non-hydrogen) atoms. The quantitative estimate of drug-likeness (QED) is 0.845. The zero-order valence-electron chi connectivity index (χ0n) is 14.5. The molecular weight excluding hydrogens is 340 g/mol. The number of aromatic nitrogens is 2. The molecule has 7 heteroatoms. The average Bonchev–Trinajstić information content (AvgIpc) is 3.30. The molecule has 1 amide bonds. The van der Waals surface area contributed by atoms with Crippen molar-refractivity contribution in [2.45, 2.75) is 38.0 Å². The van der Waals surface area contributed by atoms with E-state index in [0.717, 1.165) is 17.9 Å². The largest absolute Gasteiger partial charge is 0.417 e. The molecule has 0 spiro atoms. The van der Waals surface area contributed by atoms with Gasteiger partial charge < -0.3 is 4.74 Å². The molecule has 138 valence electrons. The van der Waals surface area contributed by atoms with Crippen LogP contribution in [-0.2, 0) is 7.05 Å². The molecule has 5 nitrogen and oxygen atoms in total. The highest BCUT2D eigenvalue weighted by molar-refractivity contribution is 5.87. The van der Waals surface area contributed by atoms with Gasteiger partial charge in [0.1, 0.15) is 0 Å². The summed E-state index contributed by atoms with van der Waals surface area (Å²) in [6.45, 7) is 0. The van der Waals surface area contributed by atoms with Crippen molar-refractivity contribution < 1.29 is 18.3 Å². The van der Waals surface area contributed by atoms with Crippen LogP contribution in [0.1, 0.15) is 49.3 Å². The Morgan fingerprint density at radius 2 is 2.12 bits per heavy atom. The van der Waals surface area contributed by atoms with E-state index in [0.29, 0.717) is 17.5 Å². The molecule has 2 saturated carbocycles. The van der Waals surface area contributed by atoms with Gasteiger partial charge in [0.05, 0.1) is 6.20 Å². The van der Waals surface area contributed by atoms with Gasteiger partial charge in [0.15, 0.2) is 11.4 Å². The predicted molar refractivity (Wildman–Crippen MR) is 92.4 cm³/mol. The van der Waals surface area contributed by atoms with Gasteiger partial charge in [-0.2, -0.15) is 5.10 Å². The van der Waals surface area contributed by atoms with Crippen LogP contribution in [0.3, 0.4) is 0 Å². The fourth-order valence-electron chi connectivity index (χ4n) is 4.51. The van der Waals surface area contributed by atoms with E-state index in [1.165, 1.54) is 37.2 Å². The molecule has 2 bridgehead atoms. The van der Waals surface area contributed by atoms with Crippen LogP contribution >= 0.6 is 0 Å². The van der Waals surface area contributed by atoms with Gasteiger partial charge in [0.25, 0.3) is 6.43 Å². The smallest absolute Gasteiger partial charge is 0.406 e. The maximum atomic E-state index is 13.0. The maximum absolute atomic E-state index is 13.0. The van der Waals surface area contributed by atoms with E-state index >= 15 is 0 Å². The Labute approximate surface area is 150 Å². The molecule has 2 aliphatic carbocycles. The van der Waals surface area contributed by atoms with Crippen molar-refractivity contribution >= 4 is 11.8 Å². The lowest BCUT2D eigenvalue weighted by Gasteiger charge is -2.24. The number of nitrogens with one attached hydrogen (secondary N) is 1. The number of alkyl halides is 2. The molecule has 3 atom stereocenters. The number of hydrogen-bond acceptors (Lipinski definition) is 3. The highest BCUT2D eigenvalue weighted by atomic mass is 19.3. The number of amides is 1. The topological polar surface area (TPSA) is 56.1 Å². The van der Waals surface area contributed by atoms with E-state index in [-0.39, 0.29) is 5.75 Å². The average molecular weight is 361 g/mol. The molecule has 1 N–H and O–H groups in total. The standard InChI is InChI=1S/C19H21F2N3O2/c1-24-10-16(17(23-24)18(20)21)26-19(25)22-15-5-3-2-4-13(15)14-9-11-6-7-12(14)8-11/h2-5,10-12,14,18H,6-9H2,1H3,(H,22,25). The first-order valence-electron chi connectivity index (χ1n) is 8.90. The van der Waals surface area contributed by atoms with Crippen molar-refractivity contribution in [2.75, 3.05) is 5.32 Å². The third-order valence-electron chi connectivity index (χ3n) is 5.57. The molecule has 2 aliphatic rings. The molecule has 2 aromatic rings. The number of hydrogen-bond donors (Lipinski definition) is 1. The number of halogens is 2. The van der Waals surface area contributed by atoms with E-state index in [9.17, 15) is 13.6 Å². The van der Waals surface area contributed by atoms with Gasteiger partial charge in [-0.3, -0.25) is 10.00 Å². The van der Waals surface area contributed by atoms with Crippen molar-refractivity contribution in [3.63, 3.8) is 0 Å². The van der Waals surface area contributed by atoms with Crippen LogP contribution in [0.5, 0.6) is 5.75 Å². The summed E-state index contributed by atoms with van der Waals surface area (Å²) in [5.74, 6) is 1.68. The summed E-state index contributed by atoms with van der Waals surface area (Å²) in [5, 5.41) is 6.37. The zero-order chi connectivity index (χ0) is 18.3. The Kier molecular flexibility index (Phi) is 4.38. The van der Waals surface area contributed by atoms with Gasteiger partial charge in [-0.05, 0) is 48.6 Å². The monoisotopic (exact) mass is 361 g/mol. The number of rotatable bonds is 4. The second kappa shape index (κ2) is 6.70. The number of carbonyl (C=O) groups is 1. The Hall–Kier alpha value is -2.44. The molecule has 3 unspecified atom stereocenters. The Bertz CT molecular complexity index is 821. The van der Waals surface area contributed by atoms with Gasteiger partial charge in [-0.1, -0.05) is 24.6 Å². The molecule has 4 rings (SSSR count). The van der Waals surface area contributed by atoms with Crippen LogP contribution in [0.15, 0.2) is 30.5 Å². The van der Waals surface area contributed by atoms with Crippen molar-refractivity contribution in [2.24, 2.45) is 18.9 Å². The van der Waals surface area contributed by atoms with E-state index in [2.05, 4.69) is 10.4 Å². The summed E-state index contributed by atoms with van der Waals surface area (Å²) in [5.41, 5.74) is 1.26. The normalized spacial score (nSPS) is 24.2. The summed E-state index contributed by atoms with van der Waals surface area (Å²) in [6, 6.07) is 7.68. The molecule has 0 saturated heterocycles. The van der Waals surface area contributed by atoms with E-state index in [4.69, 9.17) is 4.74 Å². The Morgan fingerprint density at radius 1 is 1.31 bits per heavy atom. The van der Waals surface area contributed by atoms with E-state index < -0.39 is 18.2 Å². The Balaban J connectivity index is 1.50. The number of anilines is 1. The first-order valence-corrected chi connectivity index (χ1v) is 8.90. The lowest BCUT2D eigenvalue weighted by molar-refractivity contribution is 0.141. The fraction of sp³-hybridized carbons (Fsp3) is 0.474. The van der Waals surface area contributed by atoms with Crippen molar-refractivity contribution in [1.82, 2.24) is 9.78 Å². The number of benzene rings is 1. The summed E-state index contributed by atoms with van der Waals surface area (Å²) >= 11 is 0. The highest BCUT2D eigenvalue weighted by Crippen LogP contribution is 2.54. The first kappa shape index (κ1) is 17.0. The van der Waals surface area contributed by atoms with Crippen LogP contribution in [0.25, 0.3) is 0 Å². The lowest BCUT2D eigenvalue weighted by Crippen LogP contribution is -2.19. The van der Waals surface area contributed by atoms with Crippen LogP contribution < -0.4 is 10.1 Å². The molecule has 1 aromatic heterocycles. The van der Waals surface area contributed by atoms with Crippen LogP contribution in [0.2, 0.25) is 0 Å². The molecule has 0 aliphatic heterocycles. The second-order valence-electron chi connectivity index (χ2n) is 7.24. The number of aryl methyl sites for hydroxylation is 1. The van der Waals surface area contributed by atoms with Gasteiger partial charge in [-0.25, -0.2) is 13.6 Å². The lowest BCUT2D eigenvalue weighted by atomic mass is 9.83. The van der Waals surface area contributed by atoms with E-state index in [1.807, 2.05) is 24.3 Å². The SMILES string of the molecule is Cn1cc(OC(=O)Nc2ccccc2C2CC3CCC2C3)c(C(F)F)n1. The molecule has 2 fully saturated rings. The minimum absolute atomic E-state index is 0.225. The first-order chi connectivity index (χ1) is 12.5. The predicted octanol–water partition coefficient (Wildman–Crippen LogP) is 4.87. The van der Waals surface area contributed by atoms with Crippen molar-refractivity contribution in [3.05, 3.63) is 41.7 Å². The van der Waals surface area contributed by atoms with Gasteiger partial charge in [0, 0.05) is 12.7 Å². The molecule has 1 heterocycles. The third kappa shape index (κ3) is 3.18. The number of ether oxygens (including phenoxy) is 1. The van der Waals surface area contributed by atoms with Gasteiger partial charge in [0.2, 0.25) is 0 Å². The van der Waals surface area contributed by atoms with Crippen LogP contribution in [-0.4, -0.2) is 15.9 Å². The summed E-state index contributed by atoms with van der Waals surface area (Å²) in [4.78, 5) is 12.3. The number of para-hydroxylation sites is 1. The minimum Gasteiger partial charge on any atom is -0.406 e. The van der Waals surface area contributed by atoms with E-state index in [1.54, 1.807) is 0 Å². The van der Waals surface area contributed by atoms with Gasteiger partial charge in [-0.15, -0.1) is 0 Å². The summed E-state index contributed by atoms with van der Waals surface area (Å²) in [7, 11) is 1.50. The third-order valence-corrected chi connectivity index (χ3v) is 5.57. The van der Waals surface area contributed by atoms with Crippen molar-refractivity contribution in [1.29, 1.82) is 0 Å². The second-order valence-corrected chi connectivity index (χ2v) is 7.24. The minimum atomic E-state index is -2.81. The number of fused-ring (bicyclic) bond motifs is 2. The molecule has 1 aromatic carbocycles. The Morgan fingerprint density at radius 3 is 2.81 bits per heavy atom.